The lowest BCUT2D eigenvalue weighted by Gasteiger charge is -2.37. The van der Waals surface area contributed by atoms with Gasteiger partial charge in [0.2, 0.25) is 10.8 Å². The van der Waals surface area contributed by atoms with Crippen LogP contribution in [0, 0.1) is 12.8 Å². The summed E-state index contributed by atoms with van der Waals surface area (Å²) in [5, 5.41) is 15.2. The SMILES string of the molecule is COc1cccc([C@@H](c2sc3nc(C)nn3c2O)N2CCC[C@H](C)C2)c1. The molecule has 4 rings (SSSR count). The van der Waals surface area contributed by atoms with Crippen LogP contribution in [0.5, 0.6) is 11.6 Å². The first-order valence-corrected chi connectivity index (χ1v) is 9.81. The van der Waals surface area contributed by atoms with Crippen molar-refractivity contribution in [3.05, 3.63) is 40.5 Å². The van der Waals surface area contributed by atoms with Crippen LogP contribution in [0.3, 0.4) is 0 Å². The molecule has 0 amide bonds. The van der Waals surface area contributed by atoms with E-state index in [0.717, 1.165) is 34.2 Å². The number of ether oxygens (including phenoxy) is 1. The second-order valence-electron chi connectivity index (χ2n) is 7.06. The number of hydrogen-bond donors (Lipinski definition) is 1. The highest BCUT2D eigenvalue weighted by molar-refractivity contribution is 7.17. The molecule has 0 saturated carbocycles. The fourth-order valence-corrected chi connectivity index (χ4v) is 4.99. The smallest absolute Gasteiger partial charge is 0.230 e. The Morgan fingerprint density at radius 3 is 2.96 bits per heavy atom. The quantitative estimate of drug-likeness (QED) is 0.758. The molecule has 1 aromatic carbocycles. The van der Waals surface area contributed by atoms with E-state index in [1.807, 2.05) is 19.1 Å². The van der Waals surface area contributed by atoms with Gasteiger partial charge in [-0.15, -0.1) is 5.10 Å². The van der Waals surface area contributed by atoms with Crippen molar-refractivity contribution >= 4 is 16.3 Å². The number of fused-ring (bicyclic) bond motifs is 1. The number of benzene rings is 1. The van der Waals surface area contributed by atoms with Gasteiger partial charge in [-0.3, -0.25) is 4.90 Å². The maximum absolute atomic E-state index is 10.9. The summed E-state index contributed by atoms with van der Waals surface area (Å²) in [6, 6.07) is 8.09. The minimum absolute atomic E-state index is 0.0262. The third-order valence-corrected chi connectivity index (χ3v) is 6.09. The summed E-state index contributed by atoms with van der Waals surface area (Å²) in [6.45, 7) is 6.15. The van der Waals surface area contributed by atoms with Crippen LogP contribution in [0.25, 0.3) is 4.96 Å². The monoisotopic (exact) mass is 372 g/mol. The number of hydrogen-bond acceptors (Lipinski definition) is 6. The Hall–Kier alpha value is -2.12. The number of aromatic nitrogens is 3. The molecule has 2 atom stereocenters. The lowest BCUT2D eigenvalue weighted by atomic mass is 9.95. The molecule has 3 aromatic rings. The molecule has 6 nitrogen and oxygen atoms in total. The normalized spacial score (nSPS) is 19.7. The Labute approximate surface area is 157 Å². The highest BCUT2D eigenvalue weighted by Gasteiger charge is 2.32. The molecular weight excluding hydrogens is 348 g/mol. The lowest BCUT2D eigenvalue weighted by molar-refractivity contribution is 0.149. The average molecular weight is 372 g/mol. The Morgan fingerprint density at radius 1 is 1.38 bits per heavy atom. The van der Waals surface area contributed by atoms with E-state index < -0.39 is 0 Å². The van der Waals surface area contributed by atoms with Gasteiger partial charge in [0, 0.05) is 6.54 Å². The fraction of sp³-hybridized carbons (Fsp3) is 0.474. The van der Waals surface area contributed by atoms with Crippen LogP contribution in [0.4, 0.5) is 0 Å². The summed E-state index contributed by atoms with van der Waals surface area (Å²) in [5.74, 6) is 2.33. The molecule has 2 aromatic heterocycles. The van der Waals surface area contributed by atoms with Crippen LogP contribution >= 0.6 is 11.3 Å². The molecule has 0 radical (unpaired) electrons. The first-order chi connectivity index (χ1) is 12.6. The average Bonchev–Trinajstić information content (AvgIpc) is 3.13. The molecule has 1 saturated heterocycles. The van der Waals surface area contributed by atoms with E-state index in [9.17, 15) is 5.11 Å². The van der Waals surface area contributed by atoms with Crippen molar-refractivity contribution < 1.29 is 9.84 Å². The molecule has 3 heterocycles. The zero-order valence-corrected chi connectivity index (χ0v) is 16.2. The van der Waals surface area contributed by atoms with Crippen molar-refractivity contribution in [1.82, 2.24) is 19.5 Å². The number of rotatable bonds is 4. The van der Waals surface area contributed by atoms with Crippen molar-refractivity contribution in [1.29, 1.82) is 0 Å². The van der Waals surface area contributed by atoms with Gasteiger partial charge in [0.25, 0.3) is 0 Å². The van der Waals surface area contributed by atoms with Crippen molar-refractivity contribution in [3.63, 3.8) is 0 Å². The number of aromatic hydroxyl groups is 1. The Balaban J connectivity index is 1.83. The number of methoxy groups -OCH3 is 1. The van der Waals surface area contributed by atoms with E-state index in [1.165, 1.54) is 24.2 Å². The van der Waals surface area contributed by atoms with Gasteiger partial charge in [0.15, 0.2) is 0 Å². The van der Waals surface area contributed by atoms with E-state index >= 15 is 0 Å². The van der Waals surface area contributed by atoms with Gasteiger partial charge >= 0.3 is 0 Å². The molecule has 0 bridgehead atoms. The molecule has 1 aliphatic rings. The third-order valence-electron chi connectivity index (χ3n) is 5.02. The van der Waals surface area contributed by atoms with Crippen LogP contribution in [-0.4, -0.2) is 44.8 Å². The molecule has 7 heteroatoms. The topological polar surface area (TPSA) is 62.9 Å². The Bertz CT molecular complexity index is 920. The third kappa shape index (κ3) is 3.05. The van der Waals surface area contributed by atoms with Crippen LogP contribution in [0.2, 0.25) is 0 Å². The van der Waals surface area contributed by atoms with Crippen LogP contribution < -0.4 is 4.74 Å². The zero-order valence-electron chi connectivity index (χ0n) is 15.3. The summed E-state index contributed by atoms with van der Waals surface area (Å²) in [4.78, 5) is 8.51. The largest absolute Gasteiger partial charge is 0.497 e. The van der Waals surface area contributed by atoms with Crippen molar-refractivity contribution in [2.24, 2.45) is 5.92 Å². The van der Waals surface area contributed by atoms with Crippen molar-refractivity contribution in [2.45, 2.75) is 32.7 Å². The number of thiazole rings is 1. The summed E-state index contributed by atoms with van der Waals surface area (Å²) < 4.78 is 6.98. The molecule has 26 heavy (non-hydrogen) atoms. The van der Waals surface area contributed by atoms with Crippen molar-refractivity contribution in [2.75, 3.05) is 20.2 Å². The standard InChI is InChI=1S/C19H24N4O2S/c1-12-6-5-9-22(11-12)16(14-7-4-8-15(10-14)25-3)17-18(24)23-19(26-17)20-13(2)21-23/h4,7-8,10,12,16,24H,5-6,9,11H2,1-3H3/t12-,16-/m0/s1. The van der Waals surface area contributed by atoms with E-state index in [2.05, 4.69) is 34.0 Å². The van der Waals surface area contributed by atoms with E-state index in [-0.39, 0.29) is 11.9 Å². The van der Waals surface area contributed by atoms with E-state index in [0.29, 0.717) is 11.7 Å². The maximum Gasteiger partial charge on any atom is 0.230 e. The minimum Gasteiger partial charge on any atom is -0.497 e. The molecule has 1 N–H and O–H groups in total. The number of nitrogens with zero attached hydrogens (tertiary/aromatic N) is 4. The maximum atomic E-state index is 10.9. The zero-order chi connectivity index (χ0) is 18.3. The Morgan fingerprint density at radius 2 is 2.23 bits per heavy atom. The van der Waals surface area contributed by atoms with Gasteiger partial charge < -0.3 is 9.84 Å². The summed E-state index contributed by atoms with van der Waals surface area (Å²) >= 11 is 1.51. The molecule has 0 unspecified atom stereocenters. The van der Waals surface area contributed by atoms with Gasteiger partial charge in [-0.05, 0) is 49.9 Å². The molecule has 0 spiro atoms. The summed E-state index contributed by atoms with van der Waals surface area (Å²) in [5.41, 5.74) is 1.12. The lowest BCUT2D eigenvalue weighted by Crippen LogP contribution is -2.37. The number of likely N-dealkylation sites (tertiary alicyclic amines) is 1. The van der Waals surface area contributed by atoms with Crippen molar-refractivity contribution in [3.8, 4) is 11.6 Å². The van der Waals surface area contributed by atoms with Gasteiger partial charge in [-0.25, -0.2) is 4.98 Å². The fourth-order valence-electron chi connectivity index (χ4n) is 3.83. The van der Waals surface area contributed by atoms with E-state index in [4.69, 9.17) is 4.74 Å². The molecule has 1 fully saturated rings. The first-order valence-electron chi connectivity index (χ1n) is 9.00. The first kappa shape index (κ1) is 17.3. The summed E-state index contributed by atoms with van der Waals surface area (Å²) in [6.07, 6.45) is 2.42. The second kappa shape index (κ2) is 6.89. The van der Waals surface area contributed by atoms with Gasteiger partial charge in [0.05, 0.1) is 18.0 Å². The molecular formula is C19H24N4O2S. The molecule has 138 valence electrons. The minimum atomic E-state index is -0.0262. The molecule has 1 aliphatic heterocycles. The second-order valence-corrected chi connectivity index (χ2v) is 8.07. The highest BCUT2D eigenvalue weighted by Crippen LogP contribution is 2.41. The predicted octanol–water partition coefficient (Wildman–Crippen LogP) is 3.63. The van der Waals surface area contributed by atoms with Gasteiger partial charge in [0.1, 0.15) is 11.6 Å². The van der Waals surface area contributed by atoms with Gasteiger partial charge in [-0.1, -0.05) is 30.4 Å². The van der Waals surface area contributed by atoms with E-state index in [1.54, 1.807) is 11.6 Å². The molecule has 0 aliphatic carbocycles. The van der Waals surface area contributed by atoms with Crippen LogP contribution in [0.1, 0.15) is 42.1 Å². The predicted molar refractivity (Wildman–Crippen MR) is 102 cm³/mol. The number of piperidine rings is 1. The summed E-state index contributed by atoms with van der Waals surface area (Å²) in [7, 11) is 1.68. The number of aryl methyl sites for hydroxylation is 1. The van der Waals surface area contributed by atoms with Crippen LogP contribution in [-0.2, 0) is 0 Å². The van der Waals surface area contributed by atoms with Gasteiger partial charge in [-0.2, -0.15) is 4.52 Å². The highest BCUT2D eigenvalue weighted by atomic mass is 32.1. The Kier molecular flexibility index (Phi) is 4.58. The van der Waals surface area contributed by atoms with Crippen LogP contribution in [0.15, 0.2) is 24.3 Å².